The molecule has 0 aliphatic heterocycles. The zero-order valence-electron chi connectivity index (χ0n) is 8.11. The number of hydrogen-bond acceptors (Lipinski definition) is 4. The maximum Gasteiger partial charge on any atom is 0.387 e. The van der Waals surface area contributed by atoms with Crippen LogP contribution in [0.15, 0.2) is 12.1 Å². The molecule has 0 heterocycles. The van der Waals surface area contributed by atoms with Crippen LogP contribution in [0, 0.1) is 28.4 Å². The smallest absolute Gasteiger partial charge is 0.387 e. The summed E-state index contributed by atoms with van der Waals surface area (Å²) in [7, 11) is 0. The summed E-state index contributed by atoms with van der Waals surface area (Å²) in [6, 6.07) is 3.57. The lowest BCUT2D eigenvalue weighted by atomic mass is 10.1. The lowest BCUT2D eigenvalue weighted by Gasteiger charge is -2.06. The van der Waals surface area contributed by atoms with E-state index in [1.165, 1.54) is 6.92 Å². The summed E-state index contributed by atoms with van der Waals surface area (Å²) in [5.41, 5.74) is -0.607. The third kappa shape index (κ3) is 2.42. The van der Waals surface area contributed by atoms with Crippen molar-refractivity contribution in [1.29, 1.82) is 5.26 Å². The van der Waals surface area contributed by atoms with Gasteiger partial charge in [0, 0.05) is 11.6 Å². The number of nitro benzene ring substituents is 1. The van der Waals surface area contributed by atoms with Gasteiger partial charge in [0.2, 0.25) is 0 Å². The van der Waals surface area contributed by atoms with Crippen LogP contribution < -0.4 is 4.74 Å². The highest BCUT2D eigenvalue weighted by atomic mass is 19.3. The minimum Gasteiger partial charge on any atom is -0.435 e. The molecular formula is C9H6F2N2O3. The summed E-state index contributed by atoms with van der Waals surface area (Å²) in [6.07, 6.45) is 0. The summed E-state index contributed by atoms with van der Waals surface area (Å²) in [4.78, 5) is 9.86. The molecule has 84 valence electrons. The van der Waals surface area contributed by atoms with Crippen LogP contribution in [-0.2, 0) is 0 Å². The molecule has 1 rings (SSSR count). The Hall–Kier alpha value is -2.23. The monoisotopic (exact) mass is 228 g/mol. The van der Waals surface area contributed by atoms with E-state index in [2.05, 4.69) is 4.74 Å². The molecule has 0 saturated carbocycles. The van der Waals surface area contributed by atoms with Gasteiger partial charge >= 0.3 is 6.61 Å². The SMILES string of the molecule is Cc1cc(OC(F)F)cc(C#N)c1[N+](=O)[O-]. The first kappa shape index (κ1) is 11.8. The average Bonchev–Trinajstić information content (AvgIpc) is 2.14. The van der Waals surface area contributed by atoms with Crippen molar-refractivity contribution in [3.63, 3.8) is 0 Å². The van der Waals surface area contributed by atoms with Gasteiger partial charge in [-0.05, 0) is 13.0 Å². The van der Waals surface area contributed by atoms with Gasteiger partial charge in [-0.1, -0.05) is 0 Å². The highest BCUT2D eigenvalue weighted by molar-refractivity contribution is 5.57. The fourth-order valence-electron chi connectivity index (χ4n) is 1.24. The molecule has 0 amide bonds. The molecular weight excluding hydrogens is 222 g/mol. The van der Waals surface area contributed by atoms with Gasteiger partial charge in [0.05, 0.1) is 4.92 Å². The lowest BCUT2D eigenvalue weighted by Crippen LogP contribution is -2.04. The number of hydrogen-bond donors (Lipinski definition) is 0. The molecule has 1 aromatic rings. The van der Waals surface area contributed by atoms with Crippen LogP contribution in [0.2, 0.25) is 0 Å². The van der Waals surface area contributed by atoms with Gasteiger partial charge in [-0.25, -0.2) is 0 Å². The maximum atomic E-state index is 11.9. The molecule has 5 nitrogen and oxygen atoms in total. The second-order valence-electron chi connectivity index (χ2n) is 2.88. The molecule has 0 saturated heterocycles. The minimum atomic E-state index is -3.03. The molecule has 16 heavy (non-hydrogen) atoms. The van der Waals surface area contributed by atoms with Gasteiger partial charge in [0.15, 0.2) is 0 Å². The summed E-state index contributed by atoms with van der Waals surface area (Å²) in [5.74, 6) is -0.269. The van der Waals surface area contributed by atoms with E-state index in [0.29, 0.717) is 0 Å². The maximum absolute atomic E-state index is 11.9. The molecule has 0 N–H and O–H groups in total. The number of alkyl halides is 2. The van der Waals surface area contributed by atoms with Crippen molar-refractivity contribution in [3.8, 4) is 11.8 Å². The number of aryl methyl sites for hydroxylation is 1. The van der Waals surface area contributed by atoms with Gasteiger partial charge in [0.25, 0.3) is 5.69 Å². The Bertz CT molecular complexity index is 469. The summed E-state index contributed by atoms with van der Waals surface area (Å²) >= 11 is 0. The van der Waals surface area contributed by atoms with Gasteiger partial charge in [0.1, 0.15) is 17.4 Å². The molecule has 7 heteroatoms. The summed E-state index contributed by atoms with van der Waals surface area (Å²) in [6.45, 7) is -1.69. The zero-order chi connectivity index (χ0) is 12.3. The number of rotatable bonds is 3. The second kappa shape index (κ2) is 4.53. The van der Waals surface area contributed by atoms with E-state index in [9.17, 15) is 18.9 Å². The molecule has 0 atom stereocenters. The van der Waals surface area contributed by atoms with Crippen LogP contribution in [0.4, 0.5) is 14.5 Å². The number of nitro groups is 1. The van der Waals surface area contributed by atoms with Crippen LogP contribution >= 0.6 is 0 Å². The van der Waals surface area contributed by atoms with Crippen molar-refractivity contribution >= 4 is 5.69 Å². The highest BCUT2D eigenvalue weighted by Gasteiger charge is 2.19. The Balaban J connectivity index is 3.28. The number of nitriles is 1. The fourth-order valence-corrected chi connectivity index (χ4v) is 1.24. The third-order valence-electron chi connectivity index (χ3n) is 1.80. The fraction of sp³-hybridized carbons (Fsp3) is 0.222. The molecule has 0 radical (unpaired) electrons. The second-order valence-corrected chi connectivity index (χ2v) is 2.88. The van der Waals surface area contributed by atoms with Crippen LogP contribution in [0.25, 0.3) is 0 Å². The van der Waals surface area contributed by atoms with Crippen molar-refractivity contribution in [2.75, 3.05) is 0 Å². The van der Waals surface area contributed by atoms with Crippen LogP contribution in [-0.4, -0.2) is 11.5 Å². The molecule has 1 aromatic carbocycles. The van der Waals surface area contributed by atoms with E-state index in [0.717, 1.165) is 12.1 Å². The van der Waals surface area contributed by atoms with Gasteiger partial charge in [-0.3, -0.25) is 10.1 Å². The van der Waals surface area contributed by atoms with Gasteiger partial charge in [-0.2, -0.15) is 14.0 Å². The quantitative estimate of drug-likeness (QED) is 0.587. The predicted octanol–water partition coefficient (Wildman–Crippen LogP) is 2.38. The summed E-state index contributed by atoms with van der Waals surface area (Å²) in [5, 5.41) is 19.3. The van der Waals surface area contributed by atoms with Gasteiger partial charge in [-0.15, -0.1) is 0 Å². The van der Waals surface area contributed by atoms with Crippen molar-refractivity contribution in [2.45, 2.75) is 13.5 Å². The lowest BCUT2D eigenvalue weighted by molar-refractivity contribution is -0.385. The predicted molar refractivity (Wildman–Crippen MR) is 49.2 cm³/mol. The first-order valence-electron chi connectivity index (χ1n) is 4.09. The van der Waals surface area contributed by atoms with Crippen LogP contribution in [0.3, 0.4) is 0 Å². The van der Waals surface area contributed by atoms with Crippen molar-refractivity contribution in [2.24, 2.45) is 0 Å². The Kier molecular flexibility index (Phi) is 3.35. The molecule has 0 spiro atoms. The van der Waals surface area contributed by atoms with Crippen molar-refractivity contribution in [3.05, 3.63) is 33.4 Å². The van der Waals surface area contributed by atoms with Crippen LogP contribution in [0.1, 0.15) is 11.1 Å². The topological polar surface area (TPSA) is 76.2 Å². The van der Waals surface area contributed by atoms with Crippen molar-refractivity contribution < 1.29 is 18.4 Å². The molecule has 0 unspecified atom stereocenters. The van der Waals surface area contributed by atoms with Crippen molar-refractivity contribution in [1.82, 2.24) is 0 Å². The van der Waals surface area contributed by atoms with E-state index < -0.39 is 17.2 Å². The molecule has 0 fully saturated rings. The normalized spacial score (nSPS) is 9.94. The first-order chi connectivity index (χ1) is 7.45. The molecule has 0 aromatic heterocycles. The third-order valence-corrected chi connectivity index (χ3v) is 1.80. The Morgan fingerprint density at radius 2 is 2.19 bits per heavy atom. The molecule has 0 aliphatic carbocycles. The van der Waals surface area contributed by atoms with E-state index in [4.69, 9.17) is 5.26 Å². The number of halogens is 2. The van der Waals surface area contributed by atoms with Crippen LogP contribution in [0.5, 0.6) is 5.75 Å². The van der Waals surface area contributed by atoms with Gasteiger partial charge < -0.3 is 4.74 Å². The first-order valence-corrected chi connectivity index (χ1v) is 4.09. The van der Waals surface area contributed by atoms with E-state index >= 15 is 0 Å². The Morgan fingerprint density at radius 1 is 1.56 bits per heavy atom. The zero-order valence-corrected chi connectivity index (χ0v) is 8.11. The van der Waals surface area contributed by atoms with E-state index in [1.54, 1.807) is 6.07 Å². The standard InChI is InChI=1S/C9H6F2N2O3/c1-5-2-7(16-9(10)11)3-6(4-12)8(5)13(14)15/h2-3,9H,1H3. The average molecular weight is 228 g/mol. The summed E-state index contributed by atoms with van der Waals surface area (Å²) < 4.78 is 27.9. The molecule has 0 bridgehead atoms. The highest BCUT2D eigenvalue weighted by Crippen LogP contribution is 2.28. The largest absolute Gasteiger partial charge is 0.435 e. The Labute approximate surface area is 89.0 Å². The number of nitrogens with zero attached hydrogens (tertiary/aromatic N) is 2. The molecule has 0 aliphatic rings. The number of benzene rings is 1. The number of ether oxygens (including phenoxy) is 1. The minimum absolute atomic E-state index is 0.0969. The van der Waals surface area contributed by atoms with E-state index in [1.807, 2.05) is 0 Å². The van der Waals surface area contributed by atoms with E-state index in [-0.39, 0.29) is 16.9 Å². The Morgan fingerprint density at radius 3 is 2.62 bits per heavy atom.